The average molecular weight is 277 g/mol. The van der Waals surface area contributed by atoms with E-state index < -0.39 is 5.97 Å². The molecule has 1 saturated carbocycles. The molecule has 4 unspecified atom stereocenters. The molecule has 2 nitrogen and oxygen atoms in total. The summed E-state index contributed by atoms with van der Waals surface area (Å²) in [4.78, 5) is 10.6. The van der Waals surface area contributed by atoms with E-state index in [0.717, 1.165) is 12.8 Å². The van der Waals surface area contributed by atoms with E-state index in [9.17, 15) is 9.90 Å². The summed E-state index contributed by atoms with van der Waals surface area (Å²) in [6.07, 6.45) is 6.60. The van der Waals surface area contributed by atoms with E-state index in [2.05, 4.69) is 12.2 Å². The zero-order chi connectivity index (χ0) is 8.72. The lowest BCUT2D eigenvalue weighted by Gasteiger charge is -2.24. The summed E-state index contributed by atoms with van der Waals surface area (Å²) in [6, 6.07) is 0. The zero-order valence-corrected chi connectivity index (χ0v) is 8.73. The van der Waals surface area contributed by atoms with Crippen LogP contribution in [0.1, 0.15) is 12.8 Å². The molecule has 0 aromatic heterocycles. The maximum absolute atomic E-state index is 10.6. The van der Waals surface area contributed by atoms with E-state index in [-0.39, 0.29) is 3.92 Å². The van der Waals surface area contributed by atoms with Crippen LogP contribution in [-0.4, -0.2) is 9.89 Å². The SMILES string of the molecule is O=C([O-])C(I)C1CC2C=CC1C2. The van der Waals surface area contributed by atoms with Gasteiger partial charge in [-0.2, -0.15) is 0 Å². The van der Waals surface area contributed by atoms with Crippen molar-refractivity contribution in [2.24, 2.45) is 17.8 Å². The maximum atomic E-state index is 10.6. The molecule has 12 heavy (non-hydrogen) atoms. The van der Waals surface area contributed by atoms with Gasteiger partial charge in [-0.3, -0.25) is 0 Å². The lowest BCUT2D eigenvalue weighted by atomic mass is 9.91. The quantitative estimate of drug-likeness (QED) is 0.424. The predicted molar refractivity (Wildman–Crippen MR) is 51.7 cm³/mol. The summed E-state index contributed by atoms with van der Waals surface area (Å²) in [6.45, 7) is 0. The van der Waals surface area contributed by atoms with Gasteiger partial charge in [0.1, 0.15) is 0 Å². The minimum absolute atomic E-state index is 0.303. The fourth-order valence-electron chi connectivity index (χ4n) is 2.33. The molecule has 3 heteroatoms. The molecule has 2 rings (SSSR count). The second-order valence-electron chi connectivity index (χ2n) is 3.66. The molecule has 0 N–H and O–H groups in total. The number of halogens is 1. The lowest BCUT2D eigenvalue weighted by Crippen LogP contribution is -2.37. The van der Waals surface area contributed by atoms with Crippen molar-refractivity contribution in [1.29, 1.82) is 0 Å². The first-order valence-electron chi connectivity index (χ1n) is 4.21. The van der Waals surface area contributed by atoms with Crippen LogP contribution in [0.4, 0.5) is 0 Å². The number of rotatable bonds is 2. The smallest absolute Gasteiger partial charge is 0.0546 e. The van der Waals surface area contributed by atoms with Crippen molar-refractivity contribution in [3.8, 4) is 0 Å². The zero-order valence-electron chi connectivity index (χ0n) is 6.57. The van der Waals surface area contributed by atoms with Crippen LogP contribution in [0.25, 0.3) is 0 Å². The number of carbonyl (C=O) groups is 1. The second kappa shape index (κ2) is 3.01. The molecule has 66 valence electrons. The topological polar surface area (TPSA) is 40.1 Å². The maximum Gasteiger partial charge on any atom is 0.0546 e. The molecule has 2 aliphatic rings. The van der Waals surface area contributed by atoms with Crippen LogP contribution >= 0.6 is 22.6 Å². The Balaban J connectivity index is 2.07. The molecule has 0 saturated heterocycles. The Labute approximate surface area is 85.2 Å². The van der Waals surface area contributed by atoms with Crippen LogP contribution in [-0.2, 0) is 4.79 Å². The third kappa shape index (κ3) is 1.28. The van der Waals surface area contributed by atoms with Gasteiger partial charge < -0.3 is 9.90 Å². The van der Waals surface area contributed by atoms with Crippen LogP contribution < -0.4 is 5.11 Å². The highest BCUT2D eigenvalue weighted by atomic mass is 127. The number of carbonyl (C=O) groups excluding carboxylic acids is 1. The number of allylic oxidation sites excluding steroid dienone is 2. The molecule has 0 aromatic carbocycles. The first-order chi connectivity index (χ1) is 5.68. The Bertz CT molecular complexity index is 237. The van der Waals surface area contributed by atoms with Crippen molar-refractivity contribution in [2.75, 3.05) is 0 Å². The van der Waals surface area contributed by atoms with Gasteiger partial charge in [0.25, 0.3) is 0 Å². The van der Waals surface area contributed by atoms with E-state index in [1.54, 1.807) is 0 Å². The molecule has 4 atom stereocenters. The monoisotopic (exact) mass is 277 g/mol. The van der Waals surface area contributed by atoms with Crippen molar-refractivity contribution < 1.29 is 9.90 Å². The van der Waals surface area contributed by atoms with Gasteiger partial charge in [0, 0.05) is 0 Å². The first kappa shape index (κ1) is 8.53. The van der Waals surface area contributed by atoms with E-state index in [1.807, 2.05) is 22.6 Å². The Morgan fingerprint density at radius 1 is 1.50 bits per heavy atom. The number of hydrogen-bond acceptors (Lipinski definition) is 2. The summed E-state index contributed by atoms with van der Waals surface area (Å²) >= 11 is 2.00. The molecule has 0 radical (unpaired) electrons. The molecule has 0 amide bonds. The van der Waals surface area contributed by atoms with Crippen LogP contribution in [0.15, 0.2) is 12.2 Å². The van der Waals surface area contributed by atoms with Crippen molar-refractivity contribution in [2.45, 2.75) is 16.8 Å². The highest BCUT2D eigenvalue weighted by molar-refractivity contribution is 14.1. The summed E-state index contributed by atoms with van der Waals surface area (Å²) in [5, 5.41) is 10.6. The second-order valence-corrected chi connectivity index (χ2v) is 5.01. The minimum atomic E-state index is -0.901. The van der Waals surface area contributed by atoms with Crippen LogP contribution in [0.2, 0.25) is 0 Å². The summed E-state index contributed by atoms with van der Waals surface area (Å²) in [5.41, 5.74) is 0. The third-order valence-electron chi connectivity index (χ3n) is 2.93. The molecule has 2 bridgehead atoms. The van der Waals surface area contributed by atoms with Crippen molar-refractivity contribution >= 4 is 28.6 Å². The first-order valence-corrected chi connectivity index (χ1v) is 5.46. The van der Waals surface area contributed by atoms with E-state index >= 15 is 0 Å². The average Bonchev–Trinajstić information content (AvgIpc) is 2.62. The van der Waals surface area contributed by atoms with Gasteiger partial charge in [-0.15, -0.1) is 0 Å². The van der Waals surface area contributed by atoms with E-state index in [0.29, 0.717) is 17.8 Å². The molecule has 0 aromatic rings. The van der Waals surface area contributed by atoms with Gasteiger partial charge in [-0.25, -0.2) is 0 Å². The predicted octanol–water partition coefficient (Wildman–Crippen LogP) is 0.752. The fourth-order valence-corrected chi connectivity index (χ4v) is 3.16. The number of hydrogen-bond donors (Lipinski definition) is 0. The summed E-state index contributed by atoms with van der Waals surface area (Å²) < 4.78 is -0.303. The lowest BCUT2D eigenvalue weighted by molar-refractivity contribution is -0.305. The van der Waals surface area contributed by atoms with Gasteiger partial charge in [-0.05, 0) is 30.6 Å². The molecule has 0 aliphatic heterocycles. The Hall–Kier alpha value is -0.0600. The largest absolute Gasteiger partial charge is 0.549 e. The van der Waals surface area contributed by atoms with Gasteiger partial charge in [0.2, 0.25) is 0 Å². The molecule has 2 aliphatic carbocycles. The van der Waals surface area contributed by atoms with Crippen LogP contribution in [0.5, 0.6) is 0 Å². The number of fused-ring (bicyclic) bond motifs is 2. The van der Waals surface area contributed by atoms with Gasteiger partial charge in [-0.1, -0.05) is 34.7 Å². The Kier molecular flexibility index (Phi) is 2.14. The molecule has 1 fully saturated rings. The summed E-state index contributed by atoms with van der Waals surface area (Å²) in [7, 11) is 0. The number of aliphatic carboxylic acids is 1. The van der Waals surface area contributed by atoms with Gasteiger partial charge >= 0.3 is 0 Å². The van der Waals surface area contributed by atoms with Crippen molar-refractivity contribution in [3.63, 3.8) is 0 Å². The third-order valence-corrected chi connectivity index (χ3v) is 4.36. The number of alkyl halides is 1. The molecular formula is C9H10IO2-. The molecular weight excluding hydrogens is 267 g/mol. The Morgan fingerprint density at radius 2 is 2.25 bits per heavy atom. The van der Waals surface area contributed by atoms with E-state index in [1.165, 1.54) is 0 Å². The Morgan fingerprint density at radius 3 is 2.67 bits per heavy atom. The standard InChI is InChI=1S/C9H11IO2/c10-8(9(11)12)7-4-5-1-2-6(7)3-5/h1-2,5-8H,3-4H2,(H,11,12)/p-1. The molecule has 0 spiro atoms. The van der Waals surface area contributed by atoms with Crippen LogP contribution in [0, 0.1) is 17.8 Å². The number of carboxylic acid groups (broad SMARTS) is 1. The minimum Gasteiger partial charge on any atom is -0.549 e. The van der Waals surface area contributed by atoms with Crippen molar-refractivity contribution in [1.82, 2.24) is 0 Å². The fraction of sp³-hybridized carbons (Fsp3) is 0.667. The van der Waals surface area contributed by atoms with Gasteiger partial charge in [0.15, 0.2) is 0 Å². The summed E-state index contributed by atoms with van der Waals surface area (Å²) in [5.74, 6) is 0.582. The van der Waals surface area contributed by atoms with Crippen molar-refractivity contribution in [3.05, 3.63) is 12.2 Å². The van der Waals surface area contributed by atoms with Crippen LogP contribution in [0.3, 0.4) is 0 Å². The normalized spacial score (nSPS) is 40.2. The van der Waals surface area contributed by atoms with E-state index in [4.69, 9.17) is 0 Å². The highest BCUT2D eigenvalue weighted by Crippen LogP contribution is 2.46. The highest BCUT2D eigenvalue weighted by Gasteiger charge is 2.39. The molecule has 0 heterocycles. The number of carboxylic acids is 1. The van der Waals surface area contributed by atoms with Gasteiger partial charge in [0.05, 0.1) is 9.89 Å².